The van der Waals surface area contributed by atoms with Crippen molar-refractivity contribution >= 4 is 17.6 Å². The van der Waals surface area contributed by atoms with Crippen LogP contribution in [0.3, 0.4) is 0 Å². The first-order valence-electron chi connectivity index (χ1n) is 6.69. The van der Waals surface area contributed by atoms with E-state index in [2.05, 4.69) is 5.32 Å². The largest absolute Gasteiger partial charge is 0.354 e. The number of carbonyl (C=O) groups is 3. The summed E-state index contributed by atoms with van der Waals surface area (Å²) in [6.07, 6.45) is 3.69. The Hall–Kier alpha value is -1.39. The van der Waals surface area contributed by atoms with Crippen molar-refractivity contribution in [1.29, 1.82) is 0 Å². The Morgan fingerprint density at radius 2 is 2.06 bits per heavy atom. The van der Waals surface area contributed by atoms with Crippen molar-refractivity contribution in [3.8, 4) is 0 Å². The zero-order chi connectivity index (χ0) is 13.4. The Labute approximate surface area is 108 Å². The van der Waals surface area contributed by atoms with Gasteiger partial charge in [0.1, 0.15) is 5.78 Å². The zero-order valence-electron chi connectivity index (χ0n) is 11.0. The van der Waals surface area contributed by atoms with E-state index in [-0.39, 0.29) is 24.0 Å². The first kappa shape index (κ1) is 14.7. The minimum atomic E-state index is -0.110. The maximum absolute atomic E-state index is 11.5. The van der Waals surface area contributed by atoms with Crippen LogP contribution in [0, 0.1) is 0 Å². The minimum Gasteiger partial charge on any atom is -0.354 e. The molecule has 102 valence electrons. The summed E-state index contributed by atoms with van der Waals surface area (Å²) in [4.78, 5) is 35.8. The van der Waals surface area contributed by atoms with E-state index in [1.54, 1.807) is 11.8 Å². The maximum atomic E-state index is 11.5. The van der Waals surface area contributed by atoms with Crippen molar-refractivity contribution < 1.29 is 14.4 Å². The van der Waals surface area contributed by atoms with Crippen molar-refractivity contribution in [1.82, 2.24) is 10.2 Å². The van der Waals surface area contributed by atoms with Gasteiger partial charge in [0.25, 0.3) is 0 Å². The van der Waals surface area contributed by atoms with Crippen LogP contribution in [-0.4, -0.2) is 42.1 Å². The van der Waals surface area contributed by atoms with Crippen LogP contribution >= 0.6 is 0 Å². The lowest BCUT2D eigenvalue weighted by Crippen LogP contribution is -2.41. The van der Waals surface area contributed by atoms with Gasteiger partial charge in [-0.3, -0.25) is 14.4 Å². The van der Waals surface area contributed by atoms with Gasteiger partial charge in [0.15, 0.2) is 0 Å². The lowest BCUT2D eigenvalue weighted by Gasteiger charge is -2.26. The van der Waals surface area contributed by atoms with Gasteiger partial charge in [-0.1, -0.05) is 6.92 Å². The van der Waals surface area contributed by atoms with Crippen molar-refractivity contribution in [3.05, 3.63) is 0 Å². The molecule has 1 heterocycles. The van der Waals surface area contributed by atoms with Gasteiger partial charge in [0.2, 0.25) is 11.8 Å². The second-order valence-corrected chi connectivity index (χ2v) is 4.58. The molecule has 1 aliphatic heterocycles. The molecule has 5 nitrogen and oxygen atoms in total. The fourth-order valence-corrected chi connectivity index (χ4v) is 1.95. The summed E-state index contributed by atoms with van der Waals surface area (Å²) in [6.45, 7) is 3.64. The molecular formula is C13H22N2O3. The topological polar surface area (TPSA) is 66.5 Å². The molecule has 1 saturated heterocycles. The molecule has 0 aliphatic carbocycles. The first-order chi connectivity index (χ1) is 8.63. The lowest BCUT2D eigenvalue weighted by atomic mass is 10.1. The van der Waals surface area contributed by atoms with Crippen LogP contribution < -0.4 is 5.32 Å². The van der Waals surface area contributed by atoms with Crippen LogP contribution in [0.2, 0.25) is 0 Å². The first-order valence-corrected chi connectivity index (χ1v) is 6.69. The Morgan fingerprint density at radius 1 is 1.28 bits per heavy atom. The summed E-state index contributed by atoms with van der Waals surface area (Å²) < 4.78 is 0. The number of hydrogen-bond acceptors (Lipinski definition) is 3. The summed E-state index contributed by atoms with van der Waals surface area (Å²) in [7, 11) is 0. The summed E-state index contributed by atoms with van der Waals surface area (Å²) in [5.74, 6) is 0.175. The monoisotopic (exact) mass is 254 g/mol. The van der Waals surface area contributed by atoms with Gasteiger partial charge in [-0.05, 0) is 12.8 Å². The molecular weight excluding hydrogens is 232 g/mol. The molecule has 0 saturated carbocycles. The highest BCUT2D eigenvalue weighted by molar-refractivity contribution is 5.84. The van der Waals surface area contributed by atoms with E-state index >= 15 is 0 Å². The Morgan fingerprint density at radius 3 is 2.72 bits per heavy atom. The van der Waals surface area contributed by atoms with Crippen LogP contribution in [-0.2, 0) is 14.4 Å². The van der Waals surface area contributed by atoms with Crippen LogP contribution in [0.1, 0.15) is 45.4 Å². The summed E-state index contributed by atoms with van der Waals surface area (Å²) in [5.41, 5.74) is 0. The average Bonchev–Trinajstić information content (AvgIpc) is 2.38. The molecule has 0 aromatic heterocycles. The Balaban J connectivity index is 2.11. The summed E-state index contributed by atoms with van der Waals surface area (Å²) in [6, 6.07) is 0. The summed E-state index contributed by atoms with van der Waals surface area (Å²) in [5, 5.41) is 2.74. The van der Waals surface area contributed by atoms with Crippen molar-refractivity contribution in [2.24, 2.45) is 0 Å². The van der Waals surface area contributed by atoms with Crippen LogP contribution in [0.5, 0.6) is 0 Å². The predicted molar refractivity (Wildman–Crippen MR) is 68.0 cm³/mol. The van der Waals surface area contributed by atoms with Crippen molar-refractivity contribution in [2.45, 2.75) is 45.4 Å². The van der Waals surface area contributed by atoms with Gasteiger partial charge in [-0.2, -0.15) is 0 Å². The van der Waals surface area contributed by atoms with Gasteiger partial charge in [0, 0.05) is 45.3 Å². The molecule has 1 aliphatic rings. The molecule has 0 bridgehead atoms. The zero-order valence-corrected chi connectivity index (χ0v) is 11.0. The minimum absolute atomic E-state index is 0.108. The van der Waals surface area contributed by atoms with Crippen molar-refractivity contribution in [2.75, 3.05) is 19.6 Å². The van der Waals surface area contributed by atoms with E-state index < -0.39 is 0 Å². The summed E-state index contributed by atoms with van der Waals surface area (Å²) >= 11 is 0. The number of nitrogens with zero attached hydrogens (tertiary/aromatic N) is 1. The fraction of sp³-hybridized carbons (Fsp3) is 0.769. The number of ketones is 1. The molecule has 1 rings (SSSR count). The fourth-order valence-electron chi connectivity index (χ4n) is 1.95. The van der Waals surface area contributed by atoms with E-state index in [1.165, 1.54) is 0 Å². The van der Waals surface area contributed by atoms with Crippen LogP contribution in [0.25, 0.3) is 0 Å². The molecule has 18 heavy (non-hydrogen) atoms. The number of hydrogen-bond donors (Lipinski definition) is 1. The molecule has 5 heteroatoms. The highest BCUT2D eigenvalue weighted by Crippen LogP contribution is 2.09. The SMILES string of the molecule is CCC(=O)CCC(=O)NCCN1CCCCC1=O. The maximum Gasteiger partial charge on any atom is 0.222 e. The standard InChI is InChI=1S/C13H22N2O3/c1-2-11(16)6-7-12(17)14-8-10-15-9-4-3-5-13(15)18/h2-10H2,1H3,(H,14,17). The lowest BCUT2D eigenvalue weighted by molar-refractivity contribution is -0.133. The molecule has 0 aromatic rings. The van der Waals surface area contributed by atoms with Gasteiger partial charge in [-0.25, -0.2) is 0 Å². The molecule has 0 aromatic carbocycles. The number of piperidine rings is 1. The van der Waals surface area contributed by atoms with E-state index in [9.17, 15) is 14.4 Å². The molecule has 0 atom stereocenters. The number of likely N-dealkylation sites (tertiary alicyclic amines) is 1. The highest BCUT2D eigenvalue weighted by Gasteiger charge is 2.17. The number of Topliss-reactive ketones (excluding diaryl/α,β-unsaturated/α-hetero) is 1. The van der Waals surface area contributed by atoms with Gasteiger partial charge < -0.3 is 10.2 Å². The third-order valence-electron chi connectivity index (χ3n) is 3.15. The average molecular weight is 254 g/mol. The predicted octanol–water partition coefficient (Wildman–Crippen LogP) is 0.874. The molecule has 1 N–H and O–H groups in total. The molecule has 2 amide bonds. The molecule has 0 spiro atoms. The van der Waals surface area contributed by atoms with Gasteiger partial charge in [0.05, 0.1) is 0 Å². The van der Waals surface area contributed by atoms with E-state index in [4.69, 9.17) is 0 Å². The molecule has 0 radical (unpaired) electrons. The second-order valence-electron chi connectivity index (χ2n) is 4.58. The van der Waals surface area contributed by atoms with Crippen LogP contribution in [0.4, 0.5) is 0 Å². The van der Waals surface area contributed by atoms with Gasteiger partial charge >= 0.3 is 0 Å². The number of carbonyl (C=O) groups excluding carboxylic acids is 3. The van der Waals surface area contributed by atoms with E-state index in [1.807, 2.05) is 0 Å². The normalized spacial score (nSPS) is 15.6. The van der Waals surface area contributed by atoms with Crippen LogP contribution in [0.15, 0.2) is 0 Å². The number of nitrogens with one attached hydrogen (secondary N) is 1. The van der Waals surface area contributed by atoms with Gasteiger partial charge in [-0.15, -0.1) is 0 Å². The third kappa shape index (κ3) is 5.29. The smallest absolute Gasteiger partial charge is 0.222 e. The number of amides is 2. The third-order valence-corrected chi connectivity index (χ3v) is 3.15. The molecule has 0 unspecified atom stereocenters. The second kappa shape index (κ2) is 7.84. The quantitative estimate of drug-likeness (QED) is 0.733. The number of rotatable bonds is 7. The Bertz CT molecular complexity index is 315. The highest BCUT2D eigenvalue weighted by atomic mass is 16.2. The van der Waals surface area contributed by atoms with E-state index in [0.717, 1.165) is 19.4 Å². The van der Waals surface area contributed by atoms with Crippen molar-refractivity contribution in [3.63, 3.8) is 0 Å². The van der Waals surface area contributed by atoms with E-state index in [0.29, 0.717) is 32.4 Å². The Kier molecular flexibility index (Phi) is 6.39. The molecule has 1 fully saturated rings.